The van der Waals surface area contributed by atoms with Crippen LogP contribution in [0.5, 0.6) is 0 Å². The highest BCUT2D eigenvalue weighted by Crippen LogP contribution is 2.37. The first-order valence-corrected chi connectivity index (χ1v) is 20.4. The lowest BCUT2D eigenvalue weighted by Crippen LogP contribution is -2.29. The van der Waals surface area contributed by atoms with Gasteiger partial charge in [0, 0.05) is 18.8 Å². The monoisotopic (exact) mass is 740 g/mol. The summed E-state index contributed by atoms with van der Waals surface area (Å²) < 4.78 is 26.2. The van der Waals surface area contributed by atoms with Crippen molar-refractivity contribution < 1.29 is 53.3 Å². The number of unbranched alkanes of at least 4 members (excludes halogenated alkanes) is 7. The molecule has 0 aliphatic heterocycles. The Balaban J connectivity index is 2.40. The first kappa shape index (κ1) is 46.7. The fourth-order valence-corrected chi connectivity index (χ4v) is 6.13. The summed E-state index contributed by atoms with van der Waals surface area (Å²) >= 11 is 0. The lowest BCUT2D eigenvalue weighted by molar-refractivity contribution is -0.160. The van der Waals surface area contributed by atoms with Crippen molar-refractivity contribution in [2.24, 2.45) is 11.8 Å². The maximum atomic E-state index is 12.4. The van der Waals surface area contributed by atoms with Gasteiger partial charge in [0.05, 0.1) is 31.3 Å². The van der Waals surface area contributed by atoms with Crippen LogP contribution in [0.3, 0.4) is 0 Å². The van der Waals surface area contributed by atoms with Crippen LogP contribution in [-0.4, -0.2) is 74.7 Å². The number of ether oxygens (including phenoxy) is 2. The third-order valence-electron chi connectivity index (χ3n) is 8.62. The summed E-state index contributed by atoms with van der Waals surface area (Å²) in [7, 11) is -4.84. The third-order valence-corrected chi connectivity index (χ3v) is 9.11. The second-order valence-corrected chi connectivity index (χ2v) is 14.4. The Morgan fingerprint density at radius 1 is 0.804 bits per heavy atom. The average Bonchev–Trinajstić information content (AvgIpc) is 3.35. The molecule has 292 valence electrons. The molecule has 1 aliphatic rings. The van der Waals surface area contributed by atoms with Gasteiger partial charge in [0.25, 0.3) is 0 Å². The van der Waals surface area contributed by atoms with Gasteiger partial charge in [0.2, 0.25) is 0 Å². The van der Waals surface area contributed by atoms with Gasteiger partial charge in [-0.1, -0.05) is 113 Å². The fraction of sp³-hybridized carbons (Fsp3) is 0.692. The van der Waals surface area contributed by atoms with Crippen molar-refractivity contribution in [3.05, 3.63) is 60.8 Å². The Hall–Kier alpha value is -2.37. The van der Waals surface area contributed by atoms with Crippen molar-refractivity contribution in [1.82, 2.24) is 0 Å². The Morgan fingerprint density at radius 2 is 1.49 bits per heavy atom. The molecule has 0 aromatic rings. The van der Waals surface area contributed by atoms with E-state index in [-0.39, 0.29) is 31.1 Å². The van der Waals surface area contributed by atoms with Gasteiger partial charge in [-0.25, -0.2) is 4.57 Å². The van der Waals surface area contributed by atoms with Crippen LogP contribution < -0.4 is 0 Å². The first-order chi connectivity index (χ1) is 24.5. The van der Waals surface area contributed by atoms with Crippen molar-refractivity contribution in [3.8, 4) is 0 Å². The predicted octanol–water partition coefficient (Wildman–Crippen LogP) is 7.33. The molecule has 0 aromatic carbocycles. The van der Waals surface area contributed by atoms with Crippen LogP contribution in [0.1, 0.15) is 123 Å². The quantitative estimate of drug-likeness (QED) is 0.0224. The summed E-state index contributed by atoms with van der Waals surface area (Å²) in [6, 6.07) is 0. The van der Waals surface area contributed by atoms with E-state index in [1.54, 1.807) is 24.3 Å². The molecule has 0 amide bonds. The fourth-order valence-electron chi connectivity index (χ4n) is 5.77. The van der Waals surface area contributed by atoms with Crippen molar-refractivity contribution in [2.75, 3.05) is 13.2 Å². The van der Waals surface area contributed by atoms with E-state index in [1.807, 2.05) is 0 Å². The predicted molar refractivity (Wildman–Crippen MR) is 199 cm³/mol. The van der Waals surface area contributed by atoms with Crippen LogP contribution in [0.15, 0.2) is 60.8 Å². The average molecular weight is 741 g/mol. The zero-order valence-electron chi connectivity index (χ0n) is 30.8. The number of hydrogen-bond acceptors (Lipinski definition) is 9. The Bertz CT molecular complexity index is 1130. The highest BCUT2D eigenvalue weighted by Gasteiger charge is 2.39. The largest absolute Gasteiger partial charge is 0.469 e. The second-order valence-electron chi connectivity index (χ2n) is 13.2. The maximum Gasteiger partial charge on any atom is 0.469 e. The van der Waals surface area contributed by atoms with Gasteiger partial charge >= 0.3 is 19.8 Å². The lowest BCUT2D eigenvalue weighted by Gasteiger charge is -2.19. The van der Waals surface area contributed by atoms with Crippen molar-refractivity contribution >= 4 is 19.8 Å². The first-order valence-electron chi connectivity index (χ1n) is 18.8. The molecule has 51 heavy (non-hydrogen) atoms. The molecule has 1 saturated carbocycles. The van der Waals surface area contributed by atoms with E-state index in [1.165, 1.54) is 0 Å². The number of carbonyl (C=O) groups is 2. The van der Waals surface area contributed by atoms with Gasteiger partial charge in [-0.15, -0.1) is 0 Å². The van der Waals surface area contributed by atoms with Crippen LogP contribution in [0.25, 0.3) is 0 Å². The third kappa shape index (κ3) is 25.3. The van der Waals surface area contributed by atoms with E-state index < -0.39 is 57.4 Å². The molecular weight excluding hydrogens is 675 g/mol. The lowest BCUT2D eigenvalue weighted by atomic mass is 9.89. The summed E-state index contributed by atoms with van der Waals surface area (Å²) in [5.74, 6) is -1.82. The van der Waals surface area contributed by atoms with E-state index in [9.17, 15) is 29.5 Å². The number of rotatable bonds is 29. The molecule has 1 rings (SSSR count). The van der Waals surface area contributed by atoms with Crippen LogP contribution in [0.2, 0.25) is 0 Å². The molecule has 5 N–H and O–H groups in total. The Labute approximate surface area is 305 Å². The number of phosphoric acid groups is 1. The number of aliphatic hydroxyl groups excluding tert-OH is 3. The van der Waals surface area contributed by atoms with Crippen molar-refractivity contribution in [3.63, 3.8) is 0 Å². The smallest absolute Gasteiger partial charge is 0.461 e. The van der Waals surface area contributed by atoms with E-state index >= 15 is 0 Å². The van der Waals surface area contributed by atoms with Crippen LogP contribution in [0, 0.1) is 11.8 Å². The zero-order valence-corrected chi connectivity index (χ0v) is 31.7. The summed E-state index contributed by atoms with van der Waals surface area (Å²) in [5, 5.41) is 31.1. The van der Waals surface area contributed by atoms with Crippen LogP contribution in [-0.2, 0) is 28.2 Å². The normalized spacial score (nSPS) is 21.2. The molecule has 0 unspecified atom stereocenters. The topological polar surface area (TPSA) is 180 Å². The van der Waals surface area contributed by atoms with Gasteiger partial charge < -0.3 is 34.6 Å². The number of phosphoric ester groups is 1. The Morgan fingerprint density at radius 3 is 2.20 bits per heavy atom. The summed E-state index contributed by atoms with van der Waals surface area (Å²) in [5.41, 5.74) is 0. The van der Waals surface area contributed by atoms with Crippen molar-refractivity contribution in [2.45, 2.75) is 147 Å². The second kappa shape index (κ2) is 29.1. The molecule has 0 radical (unpaired) electrons. The molecule has 0 saturated heterocycles. The molecule has 1 fully saturated rings. The molecule has 12 heteroatoms. The zero-order chi connectivity index (χ0) is 37.7. The summed E-state index contributed by atoms with van der Waals surface area (Å²) in [6.07, 6.45) is 29.3. The number of hydrogen-bond donors (Lipinski definition) is 5. The number of aliphatic hydroxyl groups is 3. The van der Waals surface area contributed by atoms with Gasteiger partial charge in [0.15, 0.2) is 6.10 Å². The van der Waals surface area contributed by atoms with Gasteiger partial charge in [-0.05, 0) is 57.3 Å². The van der Waals surface area contributed by atoms with E-state index in [4.69, 9.17) is 19.3 Å². The molecule has 0 heterocycles. The summed E-state index contributed by atoms with van der Waals surface area (Å²) in [4.78, 5) is 43.0. The van der Waals surface area contributed by atoms with Gasteiger partial charge in [-0.3, -0.25) is 14.1 Å². The molecule has 6 atom stereocenters. The van der Waals surface area contributed by atoms with E-state index in [0.29, 0.717) is 19.3 Å². The molecule has 0 bridgehead atoms. The summed E-state index contributed by atoms with van der Waals surface area (Å²) in [6.45, 7) is 3.14. The number of carbonyl (C=O) groups excluding carboxylic acids is 2. The minimum absolute atomic E-state index is 0.119. The number of esters is 2. The minimum Gasteiger partial charge on any atom is -0.461 e. The molecule has 0 aromatic heterocycles. The molecule has 11 nitrogen and oxygen atoms in total. The van der Waals surface area contributed by atoms with Crippen LogP contribution >= 0.6 is 7.82 Å². The highest BCUT2D eigenvalue weighted by atomic mass is 31.2. The SMILES string of the molecule is CC/C=C\C/C=C\C/C=C\CCCCCCCC(=O)O[C@H](COC(=O)C/C=C\C[C@H]1[C@@H](/C=C/[C@H](O)CCCCC)[C@H](O)C[C@@H]1O)COP(=O)(O)O. The van der Waals surface area contributed by atoms with E-state index in [2.05, 4.69) is 54.8 Å². The van der Waals surface area contributed by atoms with Crippen molar-refractivity contribution in [1.29, 1.82) is 0 Å². The standard InChI is InChI=1S/C39H65O11P/c1-3-5-7-8-9-10-11-12-13-14-15-16-17-18-20-26-39(44)50-33(31-49-51(45,46)47)30-48-38(43)25-22-21-24-34-35(37(42)29-36(34)41)28-27-32(40)23-19-6-4-2/h5,7,9-10,12-13,21-22,27-28,32-37,40-42H,3-4,6,8,11,14-20,23-26,29-31H2,1-2H3,(H2,45,46,47)/b7-5-,10-9-,13-12-,22-21-,28-27+/t32-,33-,34+,35-,36+,37-/m1/s1. The number of allylic oxidation sites excluding steroid dienone is 7. The maximum absolute atomic E-state index is 12.4. The van der Waals surface area contributed by atoms with E-state index in [0.717, 1.165) is 70.6 Å². The molecule has 0 spiro atoms. The molecular formula is C39H65O11P. The van der Waals surface area contributed by atoms with Crippen LogP contribution in [0.4, 0.5) is 0 Å². The minimum atomic E-state index is -4.84. The highest BCUT2D eigenvalue weighted by molar-refractivity contribution is 7.46. The van der Waals surface area contributed by atoms with Gasteiger partial charge in [-0.2, -0.15) is 0 Å². The Kier molecular flexibility index (Phi) is 26.6. The molecule has 1 aliphatic carbocycles. The van der Waals surface area contributed by atoms with Gasteiger partial charge in [0.1, 0.15) is 6.61 Å².